The number of anilines is 1. The fourth-order valence-electron chi connectivity index (χ4n) is 3.93. The van der Waals surface area contributed by atoms with Crippen molar-refractivity contribution in [2.24, 2.45) is 0 Å². The number of hydrogen-bond donors (Lipinski definition) is 1. The van der Waals surface area contributed by atoms with E-state index in [0.717, 1.165) is 36.9 Å². The van der Waals surface area contributed by atoms with Gasteiger partial charge in [0.2, 0.25) is 11.1 Å². The highest BCUT2D eigenvalue weighted by atomic mass is 32.2. The number of carbonyl (C=O) groups excluding carboxylic acids is 1. The Hall–Kier alpha value is -3.19. The third-order valence-corrected chi connectivity index (χ3v) is 6.57. The number of nitrogens with zero attached hydrogens (tertiary/aromatic N) is 6. The highest BCUT2D eigenvalue weighted by molar-refractivity contribution is 7.99. The zero-order chi connectivity index (χ0) is 22.0. The molecule has 0 atom stereocenters. The van der Waals surface area contributed by atoms with Crippen LogP contribution in [0.15, 0.2) is 29.4 Å². The number of carbonyl (C=O) groups is 1. The van der Waals surface area contributed by atoms with Gasteiger partial charge in [0, 0.05) is 11.4 Å². The summed E-state index contributed by atoms with van der Waals surface area (Å²) in [6, 6.07) is 8.38. The van der Waals surface area contributed by atoms with Crippen molar-refractivity contribution in [1.29, 1.82) is 5.26 Å². The minimum Gasteiger partial charge on any atom is -0.310 e. The van der Waals surface area contributed by atoms with Crippen molar-refractivity contribution in [2.75, 3.05) is 11.1 Å². The number of hydrogen-bond acceptors (Lipinski definition) is 6. The van der Waals surface area contributed by atoms with E-state index in [2.05, 4.69) is 26.9 Å². The van der Waals surface area contributed by atoms with Crippen LogP contribution < -0.4 is 5.32 Å². The van der Waals surface area contributed by atoms with Gasteiger partial charge in [0.25, 0.3) is 0 Å². The van der Waals surface area contributed by atoms with Gasteiger partial charge in [-0.2, -0.15) is 5.26 Å². The summed E-state index contributed by atoms with van der Waals surface area (Å²) in [6.07, 6.45) is 4.40. The van der Waals surface area contributed by atoms with E-state index in [4.69, 9.17) is 0 Å². The monoisotopic (exact) mass is 439 g/mol. The molecule has 1 aliphatic carbocycles. The van der Waals surface area contributed by atoms with Crippen LogP contribution in [0, 0.1) is 31.0 Å². The minimum absolute atomic E-state index is 0.102. The molecule has 31 heavy (non-hydrogen) atoms. The molecule has 1 amide bonds. The first-order valence-corrected chi connectivity index (χ1v) is 11.1. The van der Waals surface area contributed by atoms with Gasteiger partial charge in [-0.15, -0.1) is 5.10 Å². The third-order valence-electron chi connectivity index (χ3n) is 5.63. The summed E-state index contributed by atoms with van der Waals surface area (Å²) in [5.74, 6) is -0.147. The normalized spacial score (nSPS) is 14.0. The lowest BCUT2D eigenvalue weighted by Crippen LogP contribution is -2.18. The summed E-state index contributed by atoms with van der Waals surface area (Å²) in [5, 5.41) is 25.1. The van der Waals surface area contributed by atoms with Crippen LogP contribution in [0.25, 0.3) is 5.69 Å². The molecule has 8 nitrogen and oxygen atoms in total. The summed E-state index contributed by atoms with van der Waals surface area (Å²) >= 11 is 1.27. The van der Waals surface area contributed by atoms with Gasteiger partial charge in [-0.3, -0.25) is 9.36 Å². The first-order valence-electron chi connectivity index (χ1n) is 10.1. The van der Waals surface area contributed by atoms with Gasteiger partial charge in [-0.05, 0) is 66.9 Å². The first kappa shape index (κ1) is 21.1. The Morgan fingerprint density at radius 1 is 1.29 bits per heavy atom. The molecule has 4 rings (SSSR count). The lowest BCUT2D eigenvalue weighted by atomic mass is 10.2. The maximum absolute atomic E-state index is 13.4. The summed E-state index contributed by atoms with van der Waals surface area (Å²) in [5.41, 5.74) is 2.61. The van der Waals surface area contributed by atoms with Gasteiger partial charge in [0.05, 0.1) is 17.4 Å². The van der Waals surface area contributed by atoms with E-state index in [1.54, 1.807) is 21.4 Å². The van der Waals surface area contributed by atoms with Crippen LogP contribution in [0.3, 0.4) is 0 Å². The van der Waals surface area contributed by atoms with Crippen LogP contribution in [0.4, 0.5) is 10.2 Å². The zero-order valence-electron chi connectivity index (χ0n) is 17.3. The van der Waals surface area contributed by atoms with Crippen molar-refractivity contribution in [2.45, 2.75) is 50.7 Å². The molecule has 2 aromatic heterocycles. The van der Waals surface area contributed by atoms with Crippen LogP contribution in [-0.4, -0.2) is 36.4 Å². The Bertz CT molecular complexity index is 1140. The topological polar surface area (TPSA) is 101 Å². The Morgan fingerprint density at radius 2 is 2.00 bits per heavy atom. The van der Waals surface area contributed by atoms with Crippen molar-refractivity contribution < 1.29 is 9.18 Å². The number of halogens is 1. The van der Waals surface area contributed by atoms with E-state index in [0.29, 0.717) is 22.2 Å². The van der Waals surface area contributed by atoms with E-state index in [-0.39, 0.29) is 23.5 Å². The molecule has 3 aromatic rings. The van der Waals surface area contributed by atoms with Crippen molar-refractivity contribution in [1.82, 2.24) is 24.8 Å². The molecule has 0 aliphatic heterocycles. The fourth-order valence-corrected chi connectivity index (χ4v) is 4.68. The molecular weight excluding hydrogens is 417 g/mol. The SMILES string of the molecule is Cc1c(C#N)c(NC(=O)CSc2nnnn2C2CCCC2)n(-c2ccc(F)cc2)c1C. The molecule has 1 aromatic carbocycles. The zero-order valence-corrected chi connectivity index (χ0v) is 18.1. The highest BCUT2D eigenvalue weighted by Gasteiger charge is 2.24. The van der Waals surface area contributed by atoms with E-state index in [1.807, 2.05) is 13.8 Å². The van der Waals surface area contributed by atoms with E-state index >= 15 is 0 Å². The lowest BCUT2D eigenvalue weighted by Gasteiger charge is -2.13. The molecule has 1 N–H and O–H groups in total. The van der Waals surface area contributed by atoms with Gasteiger partial charge in [0.1, 0.15) is 17.7 Å². The molecule has 0 spiro atoms. The number of aromatic nitrogens is 5. The number of tetrazole rings is 1. The predicted octanol–water partition coefficient (Wildman–Crippen LogP) is 3.94. The average molecular weight is 440 g/mol. The van der Waals surface area contributed by atoms with Crippen LogP contribution in [0.1, 0.15) is 48.5 Å². The lowest BCUT2D eigenvalue weighted by molar-refractivity contribution is -0.113. The van der Waals surface area contributed by atoms with Crippen molar-refractivity contribution >= 4 is 23.5 Å². The summed E-state index contributed by atoms with van der Waals surface area (Å²) in [7, 11) is 0. The second kappa shape index (κ2) is 8.89. The molecule has 1 saturated carbocycles. The molecule has 0 radical (unpaired) electrons. The number of nitrogens with one attached hydrogen (secondary N) is 1. The number of rotatable bonds is 6. The van der Waals surface area contributed by atoms with Gasteiger partial charge in [-0.1, -0.05) is 24.6 Å². The smallest absolute Gasteiger partial charge is 0.236 e. The maximum atomic E-state index is 13.4. The van der Waals surface area contributed by atoms with Crippen LogP contribution >= 0.6 is 11.8 Å². The molecule has 1 fully saturated rings. The highest BCUT2D eigenvalue weighted by Crippen LogP contribution is 2.32. The Balaban J connectivity index is 1.55. The molecule has 0 saturated heterocycles. The number of thioether (sulfide) groups is 1. The molecule has 0 bridgehead atoms. The number of amides is 1. The van der Waals surface area contributed by atoms with Crippen molar-refractivity contribution in [3.05, 3.63) is 46.9 Å². The second-order valence-corrected chi connectivity index (χ2v) is 8.48. The Morgan fingerprint density at radius 3 is 2.68 bits per heavy atom. The van der Waals surface area contributed by atoms with Crippen molar-refractivity contribution in [3.63, 3.8) is 0 Å². The minimum atomic E-state index is -0.354. The molecule has 0 unspecified atom stereocenters. The maximum Gasteiger partial charge on any atom is 0.236 e. The third kappa shape index (κ3) is 4.18. The van der Waals surface area contributed by atoms with Crippen LogP contribution in [0.2, 0.25) is 0 Å². The summed E-state index contributed by atoms with van der Waals surface area (Å²) < 4.78 is 17.0. The Kier molecular flexibility index (Phi) is 6.04. The molecule has 1 aliphatic rings. The predicted molar refractivity (Wildman–Crippen MR) is 115 cm³/mol. The number of nitriles is 1. The average Bonchev–Trinajstić information content (AvgIpc) is 3.49. The van der Waals surface area contributed by atoms with E-state index in [1.165, 1.54) is 23.9 Å². The fraction of sp³-hybridized carbons (Fsp3) is 0.381. The van der Waals surface area contributed by atoms with E-state index in [9.17, 15) is 14.4 Å². The summed E-state index contributed by atoms with van der Waals surface area (Å²) in [4.78, 5) is 12.8. The van der Waals surface area contributed by atoms with Gasteiger partial charge >= 0.3 is 0 Å². The number of benzene rings is 1. The largest absolute Gasteiger partial charge is 0.310 e. The van der Waals surface area contributed by atoms with Crippen LogP contribution in [-0.2, 0) is 4.79 Å². The summed E-state index contributed by atoms with van der Waals surface area (Å²) in [6.45, 7) is 3.69. The first-order chi connectivity index (χ1) is 15.0. The second-order valence-electron chi connectivity index (χ2n) is 7.54. The molecule has 10 heteroatoms. The molecular formula is C21H22FN7OS. The quantitative estimate of drug-likeness (QED) is 0.584. The van der Waals surface area contributed by atoms with Gasteiger partial charge in [-0.25, -0.2) is 9.07 Å². The molecule has 2 heterocycles. The standard InChI is InChI=1S/C21H22FN7OS/c1-13-14(2)28(16-9-7-15(22)8-10-16)20(18(13)11-23)24-19(30)12-31-21-25-26-27-29(21)17-5-3-4-6-17/h7-10,17H,3-6,12H2,1-2H3,(H,24,30). The Labute approximate surface area is 183 Å². The van der Waals surface area contributed by atoms with Gasteiger partial charge < -0.3 is 5.32 Å². The van der Waals surface area contributed by atoms with Crippen LogP contribution in [0.5, 0.6) is 0 Å². The molecule has 160 valence electrons. The van der Waals surface area contributed by atoms with Gasteiger partial charge in [0.15, 0.2) is 0 Å². The van der Waals surface area contributed by atoms with E-state index < -0.39 is 0 Å². The van der Waals surface area contributed by atoms with Crippen molar-refractivity contribution in [3.8, 4) is 11.8 Å².